The summed E-state index contributed by atoms with van der Waals surface area (Å²) in [5, 5.41) is 46.4. The third-order valence-electron chi connectivity index (χ3n) is 13.5. The molecule has 76 heavy (non-hydrogen) atoms. The van der Waals surface area contributed by atoms with Gasteiger partial charge in [-0.05, 0) is 70.1 Å². The smallest absolute Gasteiger partial charge is 0.243 e. The second-order valence-corrected chi connectivity index (χ2v) is 18.7. The Morgan fingerprint density at radius 3 is 1.36 bits per heavy atom. The van der Waals surface area contributed by atoms with Gasteiger partial charge in [-0.15, -0.1) is 0 Å². The van der Waals surface area contributed by atoms with Crippen molar-refractivity contribution < 1.29 is 14.3 Å². The van der Waals surface area contributed by atoms with E-state index in [2.05, 4.69) is 95.6 Å². The van der Waals surface area contributed by atoms with E-state index in [0.717, 1.165) is 101 Å². The Balaban J connectivity index is 0.889. The molecule has 0 unspecified atom stereocenters. The van der Waals surface area contributed by atoms with Gasteiger partial charge in [0, 0.05) is 53.1 Å². The number of carbonyl (C=O) groups excluding carboxylic acids is 2. The predicted molar refractivity (Wildman–Crippen MR) is 301 cm³/mol. The summed E-state index contributed by atoms with van der Waals surface area (Å²) in [5.74, 6) is 0.199. The van der Waals surface area contributed by atoms with E-state index in [0.29, 0.717) is 34.9 Å². The molecule has 2 amide bonds. The highest BCUT2D eigenvalue weighted by Crippen LogP contribution is 2.45. The molecule has 0 heterocycles. The average molecular weight is 1000 g/mol. The number of ether oxygens (including phenoxy) is 1. The topological polar surface area (TPSA) is 166 Å². The molecule has 0 aliphatic rings. The van der Waals surface area contributed by atoms with Crippen LogP contribution in [0.2, 0.25) is 0 Å². The zero-order chi connectivity index (χ0) is 53.5. The van der Waals surface area contributed by atoms with E-state index in [1.807, 2.05) is 122 Å². The van der Waals surface area contributed by atoms with Gasteiger partial charge in [-0.1, -0.05) is 202 Å². The minimum atomic E-state index is -0.588. The molecule has 0 aliphatic carbocycles. The number of hydrogen-bond acceptors (Lipinski definition) is 8. The minimum absolute atomic E-state index is 0.0197. The maximum atomic E-state index is 13.0. The van der Waals surface area contributed by atoms with Gasteiger partial charge in [0.05, 0.1) is 18.6 Å². The Bertz CT molecular complexity index is 3360. The molecule has 2 N–H and O–H groups in total. The molecule has 378 valence electrons. The highest BCUT2D eigenvalue weighted by Gasteiger charge is 2.38. The molecular formula is C66H61N7O3. The van der Waals surface area contributed by atoms with E-state index in [1.54, 1.807) is 24.3 Å². The standard InChI is InChI=1S/C66H61N7O3/c1-73(2)61-41-35-52(36-42-61)64(51-31-27-49(28-32-51)54(44-67)45-68)65(53-33-29-50(30-34-53)55(46-69)47-70)76-43-19-8-6-4-3-5-7-18-26-62(74)71-48-63(75)72-60-39-37-59(38-40-60)66(56-20-12-9-13-21-56,57-22-14-10-15-23-57)58-24-16-11-17-25-58/h9-17,20-25,27-42H,3-8,18-19,26,43,48H2,1-2H3,(H,71,74)(H,72,75). The van der Waals surface area contributed by atoms with Gasteiger partial charge in [0.1, 0.15) is 41.2 Å². The number of carbonyl (C=O) groups is 2. The average Bonchev–Trinajstić information content (AvgIpc) is 3.47. The first-order chi connectivity index (χ1) is 37.2. The monoisotopic (exact) mass is 999 g/mol. The van der Waals surface area contributed by atoms with E-state index in [-0.39, 0.29) is 29.5 Å². The molecule has 0 fully saturated rings. The van der Waals surface area contributed by atoms with E-state index in [1.165, 1.54) is 0 Å². The molecule has 7 rings (SSSR count). The Hall–Kier alpha value is -9.48. The summed E-state index contributed by atoms with van der Waals surface area (Å²) in [6, 6.07) is 69.9. The SMILES string of the molecule is CN(C)c1ccc(C(C(OCCCCCCCCCCC(=O)NCC(=O)Nc2ccc(C(c3ccccc3)(c3ccccc3)c3ccccc3)cc2)=c2ccc(=C(C#N)C#N)cc2)=c2ccc(=C(C#N)C#N)cc2)cc1. The van der Waals surface area contributed by atoms with Crippen molar-refractivity contribution in [2.24, 2.45) is 0 Å². The lowest BCUT2D eigenvalue weighted by molar-refractivity contribution is -0.124. The number of nitrogens with zero attached hydrogens (tertiary/aromatic N) is 5. The summed E-state index contributed by atoms with van der Waals surface area (Å²) >= 11 is 0. The van der Waals surface area contributed by atoms with Crippen LogP contribution in [-0.2, 0) is 19.7 Å². The Kier molecular flexibility index (Phi) is 19.7. The van der Waals surface area contributed by atoms with Crippen LogP contribution >= 0.6 is 0 Å². The Morgan fingerprint density at radius 1 is 0.474 bits per heavy atom. The van der Waals surface area contributed by atoms with Gasteiger partial charge in [0.2, 0.25) is 11.8 Å². The molecule has 0 aliphatic heterocycles. The molecule has 0 saturated carbocycles. The van der Waals surface area contributed by atoms with Crippen molar-refractivity contribution in [3.05, 3.63) is 237 Å². The molecule has 0 atom stereocenters. The molecule has 0 aromatic heterocycles. The van der Waals surface area contributed by atoms with Gasteiger partial charge in [-0.2, -0.15) is 21.0 Å². The lowest BCUT2D eigenvalue weighted by atomic mass is 9.65. The van der Waals surface area contributed by atoms with Crippen molar-refractivity contribution in [1.29, 1.82) is 21.0 Å². The van der Waals surface area contributed by atoms with Crippen molar-refractivity contribution in [1.82, 2.24) is 5.32 Å². The van der Waals surface area contributed by atoms with Crippen molar-refractivity contribution in [2.45, 2.75) is 63.2 Å². The molecule has 0 radical (unpaired) electrons. The van der Waals surface area contributed by atoms with Crippen LogP contribution in [0, 0.1) is 45.3 Å². The molecule has 10 heteroatoms. The maximum absolute atomic E-state index is 13.0. The molecular weight excluding hydrogens is 939 g/mol. The first-order valence-corrected chi connectivity index (χ1v) is 25.7. The zero-order valence-corrected chi connectivity index (χ0v) is 43.1. The molecule has 7 aromatic rings. The number of anilines is 2. The van der Waals surface area contributed by atoms with Gasteiger partial charge >= 0.3 is 0 Å². The molecule has 0 spiro atoms. The van der Waals surface area contributed by atoms with Gasteiger partial charge < -0.3 is 20.3 Å². The van der Waals surface area contributed by atoms with Crippen molar-refractivity contribution in [2.75, 3.05) is 37.5 Å². The number of amides is 2. The van der Waals surface area contributed by atoms with Crippen LogP contribution in [0.5, 0.6) is 0 Å². The Labute approximate surface area is 446 Å². The quantitative estimate of drug-likeness (QED) is 0.0500. The van der Waals surface area contributed by atoms with Crippen LogP contribution in [0.15, 0.2) is 188 Å². The third-order valence-corrected chi connectivity index (χ3v) is 13.5. The zero-order valence-electron chi connectivity index (χ0n) is 43.1. The molecule has 0 bridgehead atoms. The summed E-state index contributed by atoms with van der Waals surface area (Å²) in [6.45, 7) is 0.339. The van der Waals surface area contributed by atoms with Crippen LogP contribution in [-0.4, -0.2) is 39.1 Å². The highest BCUT2D eigenvalue weighted by atomic mass is 16.5. The first kappa shape index (κ1) is 54.3. The summed E-state index contributed by atoms with van der Waals surface area (Å²) in [6.07, 6.45) is 7.95. The molecule has 10 nitrogen and oxygen atoms in total. The summed E-state index contributed by atoms with van der Waals surface area (Å²) in [4.78, 5) is 27.8. The lowest BCUT2D eigenvalue weighted by Crippen LogP contribution is -2.33. The number of hydrogen-bond donors (Lipinski definition) is 2. The Morgan fingerprint density at radius 2 is 0.895 bits per heavy atom. The van der Waals surface area contributed by atoms with E-state index in [9.17, 15) is 30.6 Å². The fraction of sp³-hybridized carbons (Fsp3) is 0.212. The van der Waals surface area contributed by atoms with Gasteiger partial charge in [-0.3, -0.25) is 9.59 Å². The van der Waals surface area contributed by atoms with Crippen LogP contribution in [0.3, 0.4) is 0 Å². The molecule has 0 saturated heterocycles. The fourth-order valence-corrected chi connectivity index (χ4v) is 9.52. The number of unbranched alkanes of at least 4 members (excludes halogenated alkanes) is 7. The van der Waals surface area contributed by atoms with Crippen LogP contribution in [0.1, 0.15) is 85.6 Å². The second kappa shape index (κ2) is 27.5. The van der Waals surface area contributed by atoms with Gasteiger partial charge in [0.25, 0.3) is 0 Å². The summed E-state index contributed by atoms with van der Waals surface area (Å²) in [7, 11) is 3.96. The largest absolute Gasteiger partial charge is 0.492 e. The van der Waals surface area contributed by atoms with E-state index >= 15 is 0 Å². The minimum Gasteiger partial charge on any atom is -0.492 e. The van der Waals surface area contributed by atoms with E-state index < -0.39 is 5.41 Å². The normalized spacial score (nSPS) is 10.6. The van der Waals surface area contributed by atoms with E-state index in [4.69, 9.17) is 4.74 Å². The second-order valence-electron chi connectivity index (χ2n) is 18.7. The van der Waals surface area contributed by atoms with Crippen molar-refractivity contribution >= 4 is 45.7 Å². The van der Waals surface area contributed by atoms with Gasteiger partial charge in [-0.25, -0.2) is 0 Å². The molecule has 7 aromatic carbocycles. The van der Waals surface area contributed by atoms with Crippen LogP contribution in [0.4, 0.5) is 11.4 Å². The highest BCUT2D eigenvalue weighted by molar-refractivity contribution is 5.95. The summed E-state index contributed by atoms with van der Waals surface area (Å²) in [5.41, 5.74) is 7.32. The van der Waals surface area contributed by atoms with Crippen LogP contribution in [0.25, 0.3) is 22.5 Å². The van der Waals surface area contributed by atoms with Gasteiger partial charge in [0.15, 0.2) is 0 Å². The first-order valence-electron chi connectivity index (χ1n) is 25.7. The van der Waals surface area contributed by atoms with Crippen LogP contribution < -0.4 is 36.4 Å². The maximum Gasteiger partial charge on any atom is 0.243 e. The third kappa shape index (κ3) is 13.8. The number of benzene rings is 7. The predicted octanol–water partition coefficient (Wildman–Crippen LogP) is 9.82. The summed E-state index contributed by atoms with van der Waals surface area (Å²) < 4.78 is 6.71. The fourth-order valence-electron chi connectivity index (χ4n) is 9.52. The van der Waals surface area contributed by atoms with Crippen molar-refractivity contribution in [3.8, 4) is 24.3 Å². The number of rotatable bonds is 22. The van der Waals surface area contributed by atoms with Crippen molar-refractivity contribution in [3.63, 3.8) is 0 Å². The number of nitriles is 4. The number of nitrogens with one attached hydrogen (secondary N) is 2. The lowest BCUT2D eigenvalue weighted by Gasteiger charge is -2.37.